The second-order valence-corrected chi connectivity index (χ2v) is 3.51. The van der Waals surface area contributed by atoms with Crippen molar-refractivity contribution in [2.24, 2.45) is 0 Å². The molecule has 4 heteroatoms. The molecule has 0 aromatic heterocycles. The van der Waals surface area contributed by atoms with Crippen molar-refractivity contribution in [2.75, 3.05) is 13.2 Å². The van der Waals surface area contributed by atoms with Crippen molar-refractivity contribution >= 4 is 11.7 Å². The van der Waals surface area contributed by atoms with E-state index in [0.29, 0.717) is 31.7 Å². The third-order valence-corrected chi connectivity index (χ3v) is 2.34. The molecule has 1 atom stereocenters. The number of hydrogen-bond donors (Lipinski definition) is 2. The highest BCUT2D eigenvalue weighted by Crippen LogP contribution is 2.18. The zero-order valence-corrected chi connectivity index (χ0v) is 8.14. The molecule has 4 nitrogen and oxygen atoms in total. The Hall–Kier alpha value is -0.900. The van der Waals surface area contributed by atoms with Crippen molar-refractivity contribution < 1.29 is 9.53 Å². The Balaban J connectivity index is 2.56. The van der Waals surface area contributed by atoms with E-state index in [1.54, 1.807) is 6.92 Å². The topological polar surface area (TPSA) is 62.2 Å². The Morgan fingerprint density at radius 2 is 2.46 bits per heavy atom. The van der Waals surface area contributed by atoms with Crippen LogP contribution in [-0.4, -0.2) is 30.4 Å². The molecular weight excluding hydrogens is 168 g/mol. The minimum atomic E-state index is -0.583. The van der Waals surface area contributed by atoms with Crippen LogP contribution in [0.3, 0.4) is 0 Å². The fourth-order valence-electron chi connectivity index (χ4n) is 1.34. The van der Waals surface area contributed by atoms with Gasteiger partial charge in [-0.2, -0.15) is 0 Å². The van der Waals surface area contributed by atoms with E-state index in [1.807, 2.05) is 6.92 Å². The average molecular weight is 184 g/mol. The highest BCUT2D eigenvalue weighted by atomic mass is 16.5. The number of nitrogens with one attached hydrogen (secondary N) is 2. The summed E-state index contributed by atoms with van der Waals surface area (Å²) in [7, 11) is 0. The number of esters is 1. The Morgan fingerprint density at radius 3 is 2.92 bits per heavy atom. The van der Waals surface area contributed by atoms with Crippen LogP contribution in [0.25, 0.3) is 0 Å². The van der Waals surface area contributed by atoms with Gasteiger partial charge < -0.3 is 10.1 Å². The van der Waals surface area contributed by atoms with Crippen LogP contribution in [0.15, 0.2) is 0 Å². The second-order valence-electron chi connectivity index (χ2n) is 3.51. The molecule has 0 amide bonds. The van der Waals surface area contributed by atoms with Crippen LogP contribution in [0, 0.1) is 5.41 Å². The third-order valence-electron chi connectivity index (χ3n) is 2.34. The minimum absolute atomic E-state index is 0.206. The van der Waals surface area contributed by atoms with Crippen LogP contribution in [0.5, 0.6) is 0 Å². The number of ether oxygens (including phenoxy) is 1. The Bertz CT molecular complexity index is 216. The van der Waals surface area contributed by atoms with Crippen molar-refractivity contribution in [3.05, 3.63) is 0 Å². The quantitative estimate of drug-likeness (QED) is 0.621. The molecule has 1 aliphatic rings. The summed E-state index contributed by atoms with van der Waals surface area (Å²) >= 11 is 0. The smallest absolute Gasteiger partial charge is 0.326 e. The normalized spacial score (nSPS) is 28.6. The van der Waals surface area contributed by atoms with Crippen molar-refractivity contribution in [1.29, 1.82) is 5.41 Å². The van der Waals surface area contributed by atoms with Gasteiger partial charge in [0.1, 0.15) is 5.54 Å². The summed E-state index contributed by atoms with van der Waals surface area (Å²) in [5.74, 6) is -0.206. The maximum atomic E-state index is 11.5. The third kappa shape index (κ3) is 2.28. The lowest BCUT2D eigenvalue weighted by Crippen LogP contribution is -2.55. The van der Waals surface area contributed by atoms with Crippen molar-refractivity contribution in [3.63, 3.8) is 0 Å². The highest BCUT2D eigenvalue weighted by Gasteiger charge is 2.36. The van der Waals surface area contributed by atoms with Crippen molar-refractivity contribution in [3.8, 4) is 0 Å². The fourth-order valence-corrected chi connectivity index (χ4v) is 1.34. The summed E-state index contributed by atoms with van der Waals surface area (Å²) in [5.41, 5.74) is 0.0716. The molecule has 1 heterocycles. The van der Waals surface area contributed by atoms with Crippen LogP contribution in [0.4, 0.5) is 0 Å². The molecule has 0 aromatic rings. The van der Waals surface area contributed by atoms with Crippen LogP contribution < -0.4 is 5.32 Å². The lowest BCUT2D eigenvalue weighted by Gasteiger charge is -2.32. The summed E-state index contributed by atoms with van der Waals surface area (Å²) in [6.45, 7) is 4.53. The number of rotatable bonds is 2. The summed E-state index contributed by atoms with van der Waals surface area (Å²) in [6, 6.07) is 0. The molecule has 1 fully saturated rings. The van der Waals surface area contributed by atoms with Crippen molar-refractivity contribution in [2.45, 2.75) is 32.2 Å². The molecule has 1 saturated heterocycles. The van der Waals surface area contributed by atoms with Crippen LogP contribution in [0.1, 0.15) is 26.7 Å². The monoisotopic (exact) mass is 184 g/mol. The van der Waals surface area contributed by atoms with E-state index in [1.165, 1.54) is 0 Å². The number of carbonyl (C=O) groups is 1. The van der Waals surface area contributed by atoms with Crippen LogP contribution >= 0.6 is 0 Å². The maximum absolute atomic E-state index is 11.5. The summed E-state index contributed by atoms with van der Waals surface area (Å²) in [5, 5.41) is 10.4. The SMILES string of the molecule is CCOC(=O)[C@@]1(C)CCC(=N)CN1. The van der Waals surface area contributed by atoms with E-state index >= 15 is 0 Å². The lowest BCUT2D eigenvalue weighted by molar-refractivity contribution is -0.150. The fraction of sp³-hybridized carbons (Fsp3) is 0.778. The van der Waals surface area contributed by atoms with Gasteiger partial charge in [-0.1, -0.05) is 0 Å². The Labute approximate surface area is 78.2 Å². The number of hydrogen-bond acceptors (Lipinski definition) is 4. The molecule has 0 aliphatic carbocycles. The van der Waals surface area contributed by atoms with E-state index < -0.39 is 5.54 Å². The van der Waals surface area contributed by atoms with Gasteiger partial charge in [-0.3, -0.25) is 10.1 Å². The Kier molecular flexibility index (Phi) is 3.03. The maximum Gasteiger partial charge on any atom is 0.326 e. The summed E-state index contributed by atoms with van der Waals surface area (Å²) < 4.78 is 4.95. The molecule has 2 N–H and O–H groups in total. The summed E-state index contributed by atoms with van der Waals surface area (Å²) in [6.07, 6.45) is 1.34. The molecule has 1 aliphatic heterocycles. The molecule has 0 saturated carbocycles. The first-order valence-electron chi connectivity index (χ1n) is 4.57. The molecule has 0 radical (unpaired) electrons. The molecular formula is C9H16N2O2. The lowest BCUT2D eigenvalue weighted by atomic mass is 9.90. The summed E-state index contributed by atoms with van der Waals surface area (Å²) in [4.78, 5) is 11.5. The molecule has 1 rings (SSSR count). The van der Waals surface area contributed by atoms with Gasteiger partial charge in [0, 0.05) is 12.3 Å². The van der Waals surface area contributed by atoms with Crippen LogP contribution in [0.2, 0.25) is 0 Å². The van der Waals surface area contributed by atoms with Gasteiger partial charge >= 0.3 is 5.97 Å². The van der Waals surface area contributed by atoms with Gasteiger partial charge in [-0.25, -0.2) is 0 Å². The standard InChI is InChI=1S/C9H16N2O2/c1-3-13-8(12)9(2)5-4-7(10)6-11-9/h10-11H,3-6H2,1-2H3/t9-/m1/s1. The first-order valence-corrected chi connectivity index (χ1v) is 4.57. The Morgan fingerprint density at radius 1 is 1.77 bits per heavy atom. The van der Waals surface area contributed by atoms with E-state index in [9.17, 15) is 4.79 Å². The molecule has 0 unspecified atom stereocenters. The van der Waals surface area contributed by atoms with Gasteiger partial charge in [0.2, 0.25) is 0 Å². The first-order chi connectivity index (χ1) is 6.08. The zero-order valence-electron chi connectivity index (χ0n) is 8.14. The van der Waals surface area contributed by atoms with Gasteiger partial charge in [-0.15, -0.1) is 0 Å². The van der Waals surface area contributed by atoms with E-state index in [4.69, 9.17) is 10.1 Å². The average Bonchev–Trinajstić information content (AvgIpc) is 2.11. The van der Waals surface area contributed by atoms with E-state index in [2.05, 4.69) is 5.32 Å². The van der Waals surface area contributed by atoms with Gasteiger partial charge in [0.05, 0.1) is 6.61 Å². The molecule has 0 aromatic carbocycles. The molecule has 0 spiro atoms. The number of piperidine rings is 1. The second kappa shape index (κ2) is 3.87. The zero-order chi connectivity index (χ0) is 9.90. The highest BCUT2D eigenvalue weighted by molar-refractivity contribution is 5.89. The first kappa shape index (κ1) is 10.2. The van der Waals surface area contributed by atoms with E-state index in [0.717, 1.165) is 0 Å². The van der Waals surface area contributed by atoms with Crippen molar-refractivity contribution in [1.82, 2.24) is 5.32 Å². The van der Waals surface area contributed by atoms with Crippen LogP contribution in [-0.2, 0) is 9.53 Å². The number of carbonyl (C=O) groups excluding carboxylic acids is 1. The molecule has 74 valence electrons. The molecule has 13 heavy (non-hydrogen) atoms. The van der Waals surface area contributed by atoms with Gasteiger partial charge in [0.25, 0.3) is 0 Å². The predicted octanol–water partition coefficient (Wildman–Crippen LogP) is 0.711. The van der Waals surface area contributed by atoms with E-state index in [-0.39, 0.29) is 5.97 Å². The largest absolute Gasteiger partial charge is 0.465 e. The van der Waals surface area contributed by atoms with Gasteiger partial charge in [-0.05, 0) is 26.7 Å². The minimum Gasteiger partial charge on any atom is -0.465 e. The van der Waals surface area contributed by atoms with Gasteiger partial charge in [0.15, 0.2) is 0 Å². The predicted molar refractivity (Wildman–Crippen MR) is 50.0 cm³/mol. The molecule has 0 bridgehead atoms.